The maximum atomic E-state index is 12.5. The molecule has 136 valence electrons. The van der Waals surface area contributed by atoms with E-state index in [0.717, 1.165) is 5.56 Å². The summed E-state index contributed by atoms with van der Waals surface area (Å²) in [7, 11) is 0. The average molecular weight is 369 g/mol. The Labute approximate surface area is 158 Å². The maximum Gasteiger partial charge on any atom is 0.261 e. The Morgan fingerprint density at radius 3 is 2.58 bits per heavy atom. The molecular weight excluding hydrogens is 346 g/mol. The van der Waals surface area contributed by atoms with Gasteiger partial charge in [0, 0.05) is 19.5 Å². The van der Waals surface area contributed by atoms with Crippen LogP contribution in [0.1, 0.15) is 53.5 Å². The quantitative estimate of drug-likeness (QED) is 0.721. The first kappa shape index (κ1) is 19.7. The van der Waals surface area contributed by atoms with Gasteiger partial charge < -0.3 is 10.2 Å². The highest BCUT2D eigenvalue weighted by molar-refractivity contribution is 7.12. The lowest BCUT2D eigenvalue weighted by Gasteiger charge is -2.28. The second kappa shape index (κ2) is 9.73. The highest BCUT2D eigenvalue weighted by atomic mass is 32.1. The summed E-state index contributed by atoms with van der Waals surface area (Å²) in [5.41, 5.74) is 1.61. The van der Waals surface area contributed by atoms with Crippen LogP contribution in [0.15, 0.2) is 41.8 Å². The molecule has 0 bridgehead atoms. The zero-order valence-corrected chi connectivity index (χ0v) is 15.9. The lowest BCUT2D eigenvalue weighted by molar-refractivity contribution is -0.133. The molecule has 6 heteroatoms. The van der Waals surface area contributed by atoms with E-state index in [9.17, 15) is 9.59 Å². The van der Waals surface area contributed by atoms with Gasteiger partial charge in [-0.25, -0.2) is 0 Å². The van der Waals surface area contributed by atoms with Crippen molar-refractivity contribution in [3.05, 3.63) is 57.8 Å². The molecular formula is C20H23N3O2S. The molecule has 0 saturated heterocycles. The molecule has 1 aromatic heterocycles. The minimum atomic E-state index is -0.0919. The number of carbonyl (C=O) groups is 2. The Morgan fingerprint density at radius 1 is 1.27 bits per heavy atom. The van der Waals surface area contributed by atoms with Gasteiger partial charge in [0.15, 0.2) is 0 Å². The van der Waals surface area contributed by atoms with E-state index < -0.39 is 0 Å². The number of nitriles is 1. The molecule has 1 aromatic carbocycles. The highest BCUT2D eigenvalue weighted by Crippen LogP contribution is 2.21. The van der Waals surface area contributed by atoms with Crippen LogP contribution in [-0.2, 0) is 4.79 Å². The predicted molar refractivity (Wildman–Crippen MR) is 103 cm³/mol. The molecule has 0 aliphatic rings. The number of nitrogens with zero attached hydrogens (tertiary/aromatic N) is 2. The molecule has 2 aromatic rings. The minimum absolute atomic E-state index is 0.0547. The fourth-order valence-electron chi connectivity index (χ4n) is 2.76. The van der Waals surface area contributed by atoms with Crippen LogP contribution in [0.4, 0.5) is 0 Å². The molecule has 2 rings (SSSR count). The van der Waals surface area contributed by atoms with E-state index in [1.165, 1.54) is 11.3 Å². The molecule has 26 heavy (non-hydrogen) atoms. The summed E-state index contributed by atoms with van der Waals surface area (Å²) in [4.78, 5) is 26.9. The molecule has 5 nitrogen and oxygen atoms in total. The van der Waals surface area contributed by atoms with Crippen molar-refractivity contribution in [3.63, 3.8) is 0 Å². The largest absolute Gasteiger partial charge is 0.351 e. The summed E-state index contributed by atoms with van der Waals surface area (Å²) in [6.07, 6.45) is 0.992. The first-order valence-corrected chi connectivity index (χ1v) is 9.56. The van der Waals surface area contributed by atoms with Crippen molar-refractivity contribution in [3.8, 4) is 6.07 Å². The van der Waals surface area contributed by atoms with Crippen LogP contribution in [0, 0.1) is 11.3 Å². The van der Waals surface area contributed by atoms with Gasteiger partial charge in [0.2, 0.25) is 5.91 Å². The number of hydrogen-bond acceptors (Lipinski definition) is 4. The van der Waals surface area contributed by atoms with E-state index in [0.29, 0.717) is 36.4 Å². The van der Waals surface area contributed by atoms with Crippen molar-refractivity contribution in [1.82, 2.24) is 10.2 Å². The van der Waals surface area contributed by atoms with Gasteiger partial charge >= 0.3 is 0 Å². The van der Waals surface area contributed by atoms with Crippen molar-refractivity contribution in [2.75, 3.05) is 13.1 Å². The molecule has 0 spiro atoms. The van der Waals surface area contributed by atoms with Crippen molar-refractivity contribution >= 4 is 23.2 Å². The summed E-state index contributed by atoms with van der Waals surface area (Å²) in [5, 5.41) is 13.6. The number of carbonyl (C=O) groups excluding carboxylic acids is 2. The maximum absolute atomic E-state index is 12.5. The van der Waals surface area contributed by atoms with E-state index in [1.807, 2.05) is 42.3 Å². The third-order valence-corrected chi connectivity index (χ3v) is 5.12. The third-order valence-electron chi connectivity index (χ3n) is 4.25. The van der Waals surface area contributed by atoms with Crippen LogP contribution < -0.4 is 5.32 Å². The minimum Gasteiger partial charge on any atom is -0.351 e. The van der Waals surface area contributed by atoms with Gasteiger partial charge in [-0.05, 0) is 49.4 Å². The van der Waals surface area contributed by atoms with Gasteiger partial charge in [-0.15, -0.1) is 11.3 Å². The van der Waals surface area contributed by atoms with Gasteiger partial charge in [-0.3, -0.25) is 9.59 Å². The molecule has 1 atom stereocenters. The molecule has 0 aliphatic carbocycles. The number of thiophene rings is 1. The summed E-state index contributed by atoms with van der Waals surface area (Å²) in [6, 6.07) is 13.0. The lowest BCUT2D eigenvalue weighted by Crippen LogP contribution is -2.34. The lowest BCUT2D eigenvalue weighted by atomic mass is 10.0. The summed E-state index contributed by atoms with van der Waals surface area (Å²) in [6.45, 7) is 5.03. The second-order valence-electron chi connectivity index (χ2n) is 5.93. The molecule has 1 heterocycles. The molecule has 2 amide bonds. The topological polar surface area (TPSA) is 73.2 Å². The number of benzene rings is 1. The second-order valence-corrected chi connectivity index (χ2v) is 6.87. The Kier molecular flexibility index (Phi) is 7.37. The number of nitrogens with one attached hydrogen (secondary N) is 1. The van der Waals surface area contributed by atoms with Gasteiger partial charge in [-0.1, -0.05) is 18.2 Å². The van der Waals surface area contributed by atoms with Crippen LogP contribution in [-0.4, -0.2) is 29.8 Å². The van der Waals surface area contributed by atoms with E-state index in [2.05, 4.69) is 11.4 Å². The number of amides is 2. The molecule has 0 aliphatic heterocycles. The Balaban J connectivity index is 1.83. The fraction of sp³-hybridized carbons (Fsp3) is 0.350. The molecule has 0 saturated carbocycles. The van der Waals surface area contributed by atoms with Crippen molar-refractivity contribution in [2.24, 2.45) is 0 Å². The Hall–Kier alpha value is -2.65. The summed E-state index contributed by atoms with van der Waals surface area (Å²) in [5.74, 6) is -0.0273. The fourth-order valence-corrected chi connectivity index (χ4v) is 3.40. The molecule has 0 radical (unpaired) electrons. The normalized spacial score (nSPS) is 11.4. The van der Waals surface area contributed by atoms with Gasteiger partial charge in [0.1, 0.15) is 0 Å². The van der Waals surface area contributed by atoms with Crippen LogP contribution in [0.25, 0.3) is 0 Å². The van der Waals surface area contributed by atoms with Crippen molar-refractivity contribution in [2.45, 2.75) is 32.7 Å². The zero-order chi connectivity index (χ0) is 18.9. The third kappa shape index (κ3) is 5.17. The first-order valence-electron chi connectivity index (χ1n) is 8.68. The first-order chi connectivity index (χ1) is 12.6. The smallest absolute Gasteiger partial charge is 0.261 e. The average Bonchev–Trinajstić information content (AvgIpc) is 3.20. The molecule has 1 N–H and O–H groups in total. The molecule has 1 unspecified atom stereocenters. The summed E-state index contributed by atoms with van der Waals surface area (Å²) < 4.78 is 0. The van der Waals surface area contributed by atoms with E-state index >= 15 is 0 Å². The zero-order valence-electron chi connectivity index (χ0n) is 15.1. The van der Waals surface area contributed by atoms with Crippen LogP contribution in [0.5, 0.6) is 0 Å². The highest BCUT2D eigenvalue weighted by Gasteiger charge is 2.19. The van der Waals surface area contributed by atoms with Crippen LogP contribution in [0.3, 0.4) is 0 Å². The van der Waals surface area contributed by atoms with Crippen LogP contribution in [0.2, 0.25) is 0 Å². The standard InChI is InChI=1S/C20H23N3O2S/c1-3-23(15(2)17-10-8-16(14-21)9-11-17)19(24)7-4-12-22-20(25)18-6-5-13-26-18/h5-6,8-11,13,15H,3-4,7,12H2,1-2H3,(H,22,25). The Morgan fingerprint density at radius 2 is 2.00 bits per heavy atom. The van der Waals surface area contributed by atoms with Gasteiger partial charge in [-0.2, -0.15) is 5.26 Å². The van der Waals surface area contributed by atoms with Crippen molar-refractivity contribution < 1.29 is 9.59 Å². The summed E-state index contributed by atoms with van der Waals surface area (Å²) >= 11 is 1.40. The van der Waals surface area contributed by atoms with E-state index in [1.54, 1.807) is 18.2 Å². The van der Waals surface area contributed by atoms with Gasteiger partial charge in [0.25, 0.3) is 5.91 Å². The Bertz CT molecular complexity index is 763. The molecule has 0 fully saturated rings. The van der Waals surface area contributed by atoms with E-state index in [-0.39, 0.29) is 17.9 Å². The monoisotopic (exact) mass is 369 g/mol. The van der Waals surface area contributed by atoms with Crippen LogP contribution >= 0.6 is 11.3 Å². The number of rotatable bonds is 8. The van der Waals surface area contributed by atoms with Crippen molar-refractivity contribution in [1.29, 1.82) is 5.26 Å². The SMILES string of the molecule is CCN(C(=O)CCCNC(=O)c1cccs1)C(C)c1ccc(C#N)cc1. The van der Waals surface area contributed by atoms with Gasteiger partial charge in [0.05, 0.1) is 22.6 Å². The number of hydrogen-bond donors (Lipinski definition) is 1. The van der Waals surface area contributed by atoms with E-state index in [4.69, 9.17) is 5.26 Å². The predicted octanol–water partition coefficient (Wildman–Crippen LogP) is 3.74.